The van der Waals surface area contributed by atoms with Gasteiger partial charge in [0.1, 0.15) is 17.5 Å². The third kappa shape index (κ3) is 2.30. The molecule has 0 bridgehead atoms. The van der Waals surface area contributed by atoms with E-state index in [2.05, 4.69) is 6.07 Å². The average molecular weight is 336 g/mol. The summed E-state index contributed by atoms with van der Waals surface area (Å²) < 4.78 is 5.60. The third-order valence-electron chi connectivity index (χ3n) is 5.50. The number of allylic oxidation sites excluding steroid dienone is 1. The second kappa shape index (κ2) is 5.92. The molecule has 0 saturated heterocycles. The highest BCUT2D eigenvalue weighted by Gasteiger charge is 2.50. The molecule has 0 spiro atoms. The minimum atomic E-state index is -0.807. The van der Waals surface area contributed by atoms with E-state index in [0.29, 0.717) is 11.3 Å². The molecule has 1 aromatic carbocycles. The van der Waals surface area contributed by atoms with Crippen LogP contribution in [0.3, 0.4) is 0 Å². The van der Waals surface area contributed by atoms with E-state index in [4.69, 9.17) is 15.9 Å². The van der Waals surface area contributed by atoms with Gasteiger partial charge in [-0.05, 0) is 18.9 Å². The van der Waals surface area contributed by atoms with Crippen LogP contribution in [0, 0.1) is 22.7 Å². The number of hydrogen-bond donors (Lipinski definition) is 2. The number of hydrogen-bond acceptors (Lipinski definition) is 5. The first-order valence-electron chi connectivity index (χ1n) is 8.71. The number of amides is 1. The first-order chi connectivity index (χ1) is 12.1. The maximum atomic E-state index is 13.2. The van der Waals surface area contributed by atoms with Crippen LogP contribution in [-0.4, -0.2) is 22.7 Å². The molecule has 25 heavy (non-hydrogen) atoms. The van der Waals surface area contributed by atoms with Gasteiger partial charge in [-0.15, -0.1) is 0 Å². The molecule has 3 N–H and O–H groups in total. The zero-order valence-corrected chi connectivity index (χ0v) is 13.9. The Bertz CT molecular complexity index is 817. The van der Waals surface area contributed by atoms with E-state index < -0.39 is 11.8 Å². The summed E-state index contributed by atoms with van der Waals surface area (Å²) in [4.78, 5) is 14.8. The lowest BCUT2D eigenvalue weighted by atomic mass is 9.74. The zero-order chi connectivity index (χ0) is 17.6. The van der Waals surface area contributed by atoms with Gasteiger partial charge in [-0.3, -0.25) is 15.1 Å². The van der Waals surface area contributed by atoms with E-state index in [-0.39, 0.29) is 23.7 Å². The second-order valence-electron chi connectivity index (χ2n) is 6.87. The molecule has 1 saturated carbocycles. The van der Waals surface area contributed by atoms with E-state index in [0.717, 1.165) is 37.7 Å². The van der Waals surface area contributed by atoms with Crippen LogP contribution in [0.5, 0.6) is 5.75 Å². The highest BCUT2D eigenvalue weighted by Crippen LogP contribution is 2.47. The van der Waals surface area contributed by atoms with Crippen LogP contribution in [-0.2, 0) is 4.79 Å². The Balaban J connectivity index is 1.86. The highest BCUT2D eigenvalue weighted by atomic mass is 16.5. The lowest BCUT2D eigenvalue weighted by Gasteiger charge is -2.44. The Morgan fingerprint density at radius 1 is 1.20 bits per heavy atom. The minimum Gasteiger partial charge on any atom is -0.442 e. The number of benzene rings is 1. The molecule has 4 rings (SSSR count). The summed E-state index contributed by atoms with van der Waals surface area (Å²) in [6, 6.07) is 9.47. The molecule has 2 unspecified atom stereocenters. The number of ether oxygens (including phenoxy) is 1. The van der Waals surface area contributed by atoms with Crippen molar-refractivity contribution in [3.8, 4) is 11.8 Å². The fourth-order valence-electron chi connectivity index (χ4n) is 4.32. The quantitative estimate of drug-likeness (QED) is 0.822. The fraction of sp³-hybridized carbons (Fsp3) is 0.421. The molecule has 6 nitrogen and oxygen atoms in total. The molecule has 0 aromatic heterocycles. The molecule has 0 radical (unpaired) electrons. The number of nitriles is 1. The van der Waals surface area contributed by atoms with Gasteiger partial charge in [0.25, 0.3) is 0 Å². The highest BCUT2D eigenvalue weighted by molar-refractivity contribution is 6.04. The summed E-state index contributed by atoms with van der Waals surface area (Å²) in [7, 11) is 0. The Hall–Kier alpha value is -2.81. The number of fused-ring (bicyclic) bond motifs is 3. The summed E-state index contributed by atoms with van der Waals surface area (Å²) in [5.74, 6) is -0.880. The second-order valence-corrected chi connectivity index (χ2v) is 6.87. The summed E-state index contributed by atoms with van der Waals surface area (Å²) >= 11 is 0. The topological polar surface area (TPSA) is 103 Å². The average Bonchev–Trinajstić information content (AvgIpc) is 2.62. The van der Waals surface area contributed by atoms with Crippen LogP contribution in [0.1, 0.15) is 43.6 Å². The van der Waals surface area contributed by atoms with Crippen LogP contribution < -0.4 is 10.5 Å². The fourth-order valence-corrected chi connectivity index (χ4v) is 4.32. The number of nitrogens with zero attached hydrogens (tertiary/aromatic N) is 2. The van der Waals surface area contributed by atoms with E-state index in [1.54, 1.807) is 11.0 Å². The van der Waals surface area contributed by atoms with Crippen LogP contribution in [0.2, 0.25) is 0 Å². The first-order valence-corrected chi connectivity index (χ1v) is 8.71. The minimum absolute atomic E-state index is 0.00974. The number of nitrogens with two attached hydrogens (primary N) is 1. The van der Waals surface area contributed by atoms with Gasteiger partial charge in [0.05, 0.1) is 11.6 Å². The van der Waals surface area contributed by atoms with Crippen LogP contribution in [0.15, 0.2) is 35.7 Å². The zero-order valence-electron chi connectivity index (χ0n) is 13.9. The number of nitrogens with one attached hydrogen (secondary N) is 1. The van der Waals surface area contributed by atoms with Crippen LogP contribution >= 0.6 is 0 Å². The monoisotopic (exact) mass is 336 g/mol. The Kier molecular flexibility index (Phi) is 3.72. The predicted molar refractivity (Wildman–Crippen MR) is 91.6 cm³/mol. The van der Waals surface area contributed by atoms with Gasteiger partial charge in [0.15, 0.2) is 0 Å². The standard InChI is InChI=1S/C19H20N4O2/c20-10-13-15-12-8-4-5-9-14(12)25-18(22)16(15)19(24)23(17(13)21)11-6-2-1-3-7-11/h4-5,8-9,11,15-16,22H,1-3,6-7,21H2. The largest absolute Gasteiger partial charge is 0.442 e. The molecule has 128 valence electrons. The molecular formula is C19H20N4O2. The molecular weight excluding hydrogens is 316 g/mol. The van der Waals surface area contributed by atoms with Gasteiger partial charge in [-0.25, -0.2) is 0 Å². The van der Waals surface area contributed by atoms with Crippen molar-refractivity contribution >= 4 is 11.8 Å². The van der Waals surface area contributed by atoms with Gasteiger partial charge >= 0.3 is 0 Å². The SMILES string of the molecule is N#CC1=C(N)N(C2CCCCC2)C(=O)C2C(=N)Oc3ccccc3C12. The number of rotatable bonds is 1. The lowest BCUT2D eigenvalue weighted by Crippen LogP contribution is -2.54. The van der Waals surface area contributed by atoms with Crippen molar-refractivity contribution < 1.29 is 9.53 Å². The van der Waals surface area contributed by atoms with Crippen LogP contribution in [0.25, 0.3) is 0 Å². The number of carbonyl (C=O) groups excluding carboxylic acids is 1. The molecule has 3 aliphatic rings. The summed E-state index contributed by atoms with van der Waals surface area (Å²) in [5, 5.41) is 18.0. The van der Waals surface area contributed by atoms with Crippen molar-refractivity contribution in [2.45, 2.75) is 44.1 Å². The summed E-state index contributed by atoms with van der Waals surface area (Å²) in [6.45, 7) is 0. The van der Waals surface area contributed by atoms with E-state index in [1.165, 1.54) is 0 Å². The van der Waals surface area contributed by atoms with Crippen molar-refractivity contribution in [2.24, 2.45) is 11.7 Å². The molecule has 6 heteroatoms. The third-order valence-corrected chi connectivity index (χ3v) is 5.50. The smallest absolute Gasteiger partial charge is 0.241 e. The van der Waals surface area contributed by atoms with Crippen LogP contribution in [0.4, 0.5) is 0 Å². The van der Waals surface area contributed by atoms with Crippen molar-refractivity contribution in [1.82, 2.24) is 4.90 Å². The predicted octanol–water partition coefficient (Wildman–Crippen LogP) is 2.62. The number of carbonyl (C=O) groups is 1. The van der Waals surface area contributed by atoms with Crippen molar-refractivity contribution in [3.05, 3.63) is 41.2 Å². The van der Waals surface area contributed by atoms with Crippen molar-refractivity contribution in [3.63, 3.8) is 0 Å². The molecule has 2 aliphatic heterocycles. The van der Waals surface area contributed by atoms with Crippen molar-refractivity contribution in [1.29, 1.82) is 10.7 Å². The van der Waals surface area contributed by atoms with E-state index >= 15 is 0 Å². The van der Waals surface area contributed by atoms with Gasteiger partial charge in [0.2, 0.25) is 11.8 Å². The normalized spacial score (nSPS) is 26.6. The number of para-hydroxylation sites is 1. The van der Waals surface area contributed by atoms with Crippen molar-refractivity contribution in [2.75, 3.05) is 0 Å². The molecule has 1 aliphatic carbocycles. The lowest BCUT2D eigenvalue weighted by molar-refractivity contribution is -0.136. The van der Waals surface area contributed by atoms with Gasteiger partial charge in [0, 0.05) is 17.5 Å². The van der Waals surface area contributed by atoms with Gasteiger partial charge < -0.3 is 10.5 Å². The first kappa shape index (κ1) is 15.7. The molecule has 1 amide bonds. The van der Waals surface area contributed by atoms with E-state index in [1.807, 2.05) is 18.2 Å². The molecule has 1 fully saturated rings. The Morgan fingerprint density at radius 2 is 1.92 bits per heavy atom. The van der Waals surface area contributed by atoms with Gasteiger partial charge in [-0.2, -0.15) is 5.26 Å². The Labute approximate surface area is 146 Å². The van der Waals surface area contributed by atoms with Gasteiger partial charge in [-0.1, -0.05) is 37.5 Å². The molecule has 2 atom stereocenters. The molecule has 2 heterocycles. The maximum absolute atomic E-state index is 13.2. The maximum Gasteiger partial charge on any atom is 0.241 e. The van der Waals surface area contributed by atoms with E-state index in [9.17, 15) is 10.1 Å². The summed E-state index contributed by atoms with van der Waals surface area (Å²) in [6.07, 6.45) is 5.02. The Morgan fingerprint density at radius 3 is 2.64 bits per heavy atom. The molecule has 1 aromatic rings. The summed E-state index contributed by atoms with van der Waals surface area (Å²) in [5.41, 5.74) is 7.44.